The second-order valence-corrected chi connectivity index (χ2v) is 5.24. The van der Waals surface area contributed by atoms with Crippen molar-refractivity contribution >= 4 is 22.5 Å². The van der Waals surface area contributed by atoms with Gasteiger partial charge >= 0.3 is 0 Å². The fourth-order valence-corrected chi connectivity index (χ4v) is 3.21. The molecular formula is C14H17ClN2. The number of nitrogens with one attached hydrogen (secondary N) is 1. The van der Waals surface area contributed by atoms with Crippen LogP contribution in [0.1, 0.15) is 24.5 Å². The lowest BCUT2D eigenvalue weighted by molar-refractivity contribution is 0.447. The number of aromatic nitrogens is 1. The van der Waals surface area contributed by atoms with E-state index in [0.717, 1.165) is 18.1 Å². The first-order chi connectivity index (χ1) is 8.27. The van der Waals surface area contributed by atoms with E-state index in [4.69, 9.17) is 11.6 Å². The van der Waals surface area contributed by atoms with Crippen molar-refractivity contribution in [3.8, 4) is 0 Å². The third kappa shape index (κ3) is 1.85. The Labute approximate surface area is 107 Å². The number of nitrogens with zero attached hydrogens (tertiary/aromatic N) is 1. The summed E-state index contributed by atoms with van der Waals surface area (Å²) in [4.78, 5) is 0. The molecule has 2 nitrogen and oxygen atoms in total. The highest BCUT2D eigenvalue weighted by atomic mass is 35.5. The molecule has 0 unspecified atom stereocenters. The second-order valence-electron chi connectivity index (χ2n) is 4.83. The van der Waals surface area contributed by atoms with Gasteiger partial charge in [0.1, 0.15) is 0 Å². The zero-order chi connectivity index (χ0) is 11.8. The molecule has 3 heteroatoms. The third-order valence-electron chi connectivity index (χ3n) is 3.80. The summed E-state index contributed by atoms with van der Waals surface area (Å²) < 4.78 is 2.27. The summed E-state index contributed by atoms with van der Waals surface area (Å²) >= 11 is 6.28. The molecule has 0 radical (unpaired) electrons. The maximum absolute atomic E-state index is 6.28. The summed E-state index contributed by atoms with van der Waals surface area (Å²) in [5, 5.41) is 5.52. The molecule has 17 heavy (non-hydrogen) atoms. The van der Waals surface area contributed by atoms with Crippen LogP contribution in [0.3, 0.4) is 0 Å². The Kier molecular flexibility index (Phi) is 2.85. The van der Waals surface area contributed by atoms with E-state index in [1.165, 1.54) is 29.4 Å². The van der Waals surface area contributed by atoms with Gasteiger partial charge in [0.15, 0.2) is 0 Å². The van der Waals surface area contributed by atoms with Crippen LogP contribution in [0.15, 0.2) is 24.3 Å². The summed E-state index contributed by atoms with van der Waals surface area (Å²) in [7, 11) is 2.13. The Morgan fingerprint density at radius 1 is 1.29 bits per heavy atom. The van der Waals surface area contributed by atoms with E-state index in [-0.39, 0.29) is 0 Å². The number of aryl methyl sites for hydroxylation is 1. The van der Waals surface area contributed by atoms with Crippen LogP contribution in [0.4, 0.5) is 0 Å². The number of hydrogen-bond acceptors (Lipinski definition) is 1. The van der Waals surface area contributed by atoms with Gasteiger partial charge in [-0.25, -0.2) is 0 Å². The Bertz CT molecular complexity index is 538. The Morgan fingerprint density at radius 2 is 2.06 bits per heavy atom. The molecule has 2 aromatic rings. The monoisotopic (exact) mass is 248 g/mol. The Balaban J connectivity index is 2.10. The minimum absolute atomic E-state index is 0.671. The SMILES string of the molecule is Cn1c(C2CCNCC2)cc2cccc(Cl)c21. The molecule has 0 spiro atoms. The molecule has 0 aliphatic carbocycles. The Morgan fingerprint density at radius 3 is 2.76 bits per heavy atom. The second kappa shape index (κ2) is 4.35. The average molecular weight is 249 g/mol. The van der Waals surface area contributed by atoms with E-state index in [9.17, 15) is 0 Å². The van der Waals surface area contributed by atoms with Gasteiger partial charge in [0.05, 0.1) is 10.5 Å². The smallest absolute Gasteiger partial charge is 0.0669 e. The van der Waals surface area contributed by atoms with Crippen molar-refractivity contribution in [3.63, 3.8) is 0 Å². The van der Waals surface area contributed by atoms with Crippen LogP contribution >= 0.6 is 11.6 Å². The molecule has 1 aromatic heterocycles. The first kappa shape index (κ1) is 11.1. The number of halogens is 1. The van der Waals surface area contributed by atoms with Crippen molar-refractivity contribution < 1.29 is 0 Å². The van der Waals surface area contributed by atoms with Gasteiger partial charge in [-0.1, -0.05) is 23.7 Å². The van der Waals surface area contributed by atoms with Crippen LogP contribution in [0.5, 0.6) is 0 Å². The van der Waals surface area contributed by atoms with Crippen molar-refractivity contribution in [2.24, 2.45) is 7.05 Å². The van der Waals surface area contributed by atoms with Gasteiger partial charge in [-0.2, -0.15) is 0 Å². The molecule has 2 heterocycles. The zero-order valence-electron chi connectivity index (χ0n) is 10.0. The molecule has 1 fully saturated rings. The van der Waals surface area contributed by atoms with E-state index < -0.39 is 0 Å². The van der Waals surface area contributed by atoms with Gasteiger partial charge in [0, 0.05) is 24.0 Å². The minimum atomic E-state index is 0.671. The van der Waals surface area contributed by atoms with Crippen molar-refractivity contribution in [1.82, 2.24) is 9.88 Å². The molecule has 90 valence electrons. The zero-order valence-corrected chi connectivity index (χ0v) is 10.8. The maximum atomic E-state index is 6.28. The lowest BCUT2D eigenvalue weighted by atomic mass is 9.94. The van der Waals surface area contributed by atoms with Crippen molar-refractivity contribution in [1.29, 1.82) is 0 Å². The molecule has 1 aliphatic heterocycles. The van der Waals surface area contributed by atoms with Gasteiger partial charge in [0.2, 0.25) is 0 Å². The van der Waals surface area contributed by atoms with E-state index in [2.05, 4.69) is 29.1 Å². The largest absolute Gasteiger partial charge is 0.346 e. The van der Waals surface area contributed by atoms with Gasteiger partial charge < -0.3 is 9.88 Å². The van der Waals surface area contributed by atoms with E-state index in [1.807, 2.05) is 12.1 Å². The van der Waals surface area contributed by atoms with Crippen molar-refractivity contribution in [3.05, 3.63) is 35.0 Å². The number of rotatable bonds is 1. The molecule has 0 saturated carbocycles. The highest BCUT2D eigenvalue weighted by molar-refractivity contribution is 6.35. The molecular weight excluding hydrogens is 232 g/mol. The first-order valence-corrected chi connectivity index (χ1v) is 6.60. The molecule has 1 saturated heterocycles. The molecule has 1 N–H and O–H groups in total. The summed E-state index contributed by atoms with van der Waals surface area (Å²) in [5.74, 6) is 0.671. The highest BCUT2D eigenvalue weighted by Gasteiger charge is 2.19. The van der Waals surface area contributed by atoms with Crippen molar-refractivity contribution in [2.45, 2.75) is 18.8 Å². The van der Waals surface area contributed by atoms with Gasteiger partial charge in [-0.3, -0.25) is 0 Å². The van der Waals surface area contributed by atoms with Crippen LogP contribution in [0.2, 0.25) is 5.02 Å². The summed E-state index contributed by atoms with van der Waals surface area (Å²) in [6.45, 7) is 2.25. The molecule has 3 rings (SSSR count). The number of hydrogen-bond donors (Lipinski definition) is 1. The normalized spacial score (nSPS) is 17.8. The van der Waals surface area contributed by atoms with Crippen LogP contribution in [-0.2, 0) is 7.05 Å². The predicted octanol–water partition coefficient (Wildman–Crippen LogP) is 3.30. The topological polar surface area (TPSA) is 17.0 Å². The maximum Gasteiger partial charge on any atom is 0.0669 e. The standard InChI is InChI=1S/C14H17ClN2/c1-17-13(10-5-7-16-8-6-10)9-11-3-2-4-12(15)14(11)17/h2-4,9-10,16H,5-8H2,1H3. The highest BCUT2D eigenvalue weighted by Crippen LogP contribution is 2.32. The van der Waals surface area contributed by atoms with Crippen LogP contribution < -0.4 is 5.32 Å². The summed E-state index contributed by atoms with van der Waals surface area (Å²) in [5.41, 5.74) is 2.59. The lowest BCUT2D eigenvalue weighted by Gasteiger charge is -2.23. The molecule has 1 aliphatic rings. The summed E-state index contributed by atoms with van der Waals surface area (Å²) in [6.07, 6.45) is 2.45. The Hall–Kier alpha value is -0.990. The van der Waals surface area contributed by atoms with E-state index >= 15 is 0 Å². The quantitative estimate of drug-likeness (QED) is 0.820. The number of para-hydroxylation sites is 1. The molecule has 0 amide bonds. The van der Waals surface area contributed by atoms with Crippen LogP contribution in [0, 0.1) is 0 Å². The molecule has 0 atom stereocenters. The first-order valence-electron chi connectivity index (χ1n) is 6.22. The summed E-state index contributed by atoms with van der Waals surface area (Å²) in [6, 6.07) is 8.44. The number of piperidine rings is 1. The van der Waals surface area contributed by atoms with Crippen molar-refractivity contribution in [2.75, 3.05) is 13.1 Å². The number of fused-ring (bicyclic) bond motifs is 1. The molecule has 1 aromatic carbocycles. The lowest BCUT2D eigenvalue weighted by Crippen LogP contribution is -2.27. The van der Waals surface area contributed by atoms with Gasteiger partial charge in [-0.05, 0) is 38.1 Å². The molecule has 0 bridgehead atoms. The average Bonchev–Trinajstić information content (AvgIpc) is 2.69. The third-order valence-corrected chi connectivity index (χ3v) is 4.11. The van der Waals surface area contributed by atoms with E-state index in [1.54, 1.807) is 0 Å². The minimum Gasteiger partial charge on any atom is -0.346 e. The predicted molar refractivity (Wildman–Crippen MR) is 72.8 cm³/mol. The van der Waals surface area contributed by atoms with Gasteiger partial charge in [-0.15, -0.1) is 0 Å². The van der Waals surface area contributed by atoms with Crippen LogP contribution in [0.25, 0.3) is 10.9 Å². The fourth-order valence-electron chi connectivity index (χ4n) is 2.90. The van der Waals surface area contributed by atoms with Crippen LogP contribution in [-0.4, -0.2) is 17.7 Å². The van der Waals surface area contributed by atoms with E-state index in [0.29, 0.717) is 5.92 Å². The fraction of sp³-hybridized carbons (Fsp3) is 0.429. The number of benzene rings is 1. The van der Waals surface area contributed by atoms with Gasteiger partial charge in [0.25, 0.3) is 0 Å².